The maximum atomic E-state index is 5.57. The van der Waals surface area contributed by atoms with Crippen molar-refractivity contribution >= 4 is 15.9 Å². The quantitative estimate of drug-likeness (QED) is 0.873. The van der Waals surface area contributed by atoms with Gasteiger partial charge in [-0.25, -0.2) is 4.98 Å². The van der Waals surface area contributed by atoms with Gasteiger partial charge >= 0.3 is 0 Å². The zero-order valence-electron chi connectivity index (χ0n) is 10.9. The number of rotatable bonds is 4. The summed E-state index contributed by atoms with van der Waals surface area (Å²) < 4.78 is 11.9. The number of nitrogens with one attached hydrogen (secondary N) is 1. The van der Waals surface area contributed by atoms with E-state index in [-0.39, 0.29) is 0 Å². The molecule has 1 aliphatic rings. The fraction of sp³-hybridized carbons (Fsp3) is 0.267. The number of nitrogens with zero attached hydrogens (tertiary/aromatic N) is 1. The number of hydrogen-bond donors (Lipinski definition) is 1. The summed E-state index contributed by atoms with van der Waals surface area (Å²) in [6.45, 7) is 2.74. The maximum absolute atomic E-state index is 5.57. The van der Waals surface area contributed by atoms with Crippen LogP contribution in [0.3, 0.4) is 0 Å². The number of pyridine rings is 1. The van der Waals surface area contributed by atoms with Crippen LogP contribution in [0.4, 0.5) is 0 Å². The van der Waals surface area contributed by atoms with Crippen LogP contribution in [-0.4, -0.2) is 18.2 Å². The van der Waals surface area contributed by atoms with Crippen molar-refractivity contribution in [1.82, 2.24) is 10.3 Å². The number of benzene rings is 1. The Morgan fingerprint density at radius 1 is 1.05 bits per heavy atom. The van der Waals surface area contributed by atoms with Crippen LogP contribution in [0.25, 0.3) is 0 Å². The standard InChI is InChI=1S/C15H15BrN2O2/c16-15-3-1-2-12(18-15)10-17-9-11-4-5-13-14(8-11)20-7-6-19-13/h1-5,8,17H,6-7,9-10H2. The smallest absolute Gasteiger partial charge is 0.161 e. The molecule has 0 radical (unpaired) electrons. The predicted octanol–water partition coefficient (Wildman–Crippen LogP) is 2.91. The second kappa shape index (κ2) is 6.24. The minimum atomic E-state index is 0.617. The van der Waals surface area contributed by atoms with E-state index in [1.807, 2.05) is 30.3 Å². The molecule has 4 nitrogen and oxygen atoms in total. The lowest BCUT2D eigenvalue weighted by atomic mass is 10.2. The number of halogens is 1. The minimum absolute atomic E-state index is 0.617. The van der Waals surface area contributed by atoms with Gasteiger partial charge in [-0.3, -0.25) is 0 Å². The lowest BCUT2D eigenvalue weighted by molar-refractivity contribution is 0.171. The summed E-state index contributed by atoms with van der Waals surface area (Å²) in [6.07, 6.45) is 0. The molecular formula is C15H15BrN2O2. The van der Waals surface area contributed by atoms with Crippen LogP contribution < -0.4 is 14.8 Å². The van der Waals surface area contributed by atoms with Crippen molar-refractivity contribution in [3.8, 4) is 11.5 Å². The summed E-state index contributed by atoms with van der Waals surface area (Å²) >= 11 is 3.37. The Labute approximate surface area is 126 Å². The monoisotopic (exact) mass is 334 g/mol. The Kier molecular flexibility index (Phi) is 4.18. The molecule has 0 saturated carbocycles. The van der Waals surface area contributed by atoms with Gasteiger partial charge in [0.25, 0.3) is 0 Å². The number of hydrogen-bond acceptors (Lipinski definition) is 4. The highest BCUT2D eigenvalue weighted by Gasteiger charge is 2.11. The molecule has 0 unspecified atom stereocenters. The van der Waals surface area contributed by atoms with Gasteiger partial charge in [-0.15, -0.1) is 0 Å². The highest BCUT2D eigenvalue weighted by atomic mass is 79.9. The van der Waals surface area contributed by atoms with Crippen molar-refractivity contribution in [2.45, 2.75) is 13.1 Å². The summed E-state index contributed by atoms with van der Waals surface area (Å²) in [6, 6.07) is 11.9. The second-order valence-electron chi connectivity index (χ2n) is 4.53. The Hall–Kier alpha value is -1.59. The summed E-state index contributed by atoms with van der Waals surface area (Å²) in [5.74, 6) is 1.66. The number of ether oxygens (including phenoxy) is 2. The zero-order valence-corrected chi connectivity index (χ0v) is 12.5. The van der Waals surface area contributed by atoms with Crippen LogP contribution in [0.5, 0.6) is 11.5 Å². The molecule has 0 bridgehead atoms. The first kappa shape index (κ1) is 13.4. The van der Waals surface area contributed by atoms with Crippen LogP contribution in [-0.2, 0) is 13.1 Å². The third-order valence-electron chi connectivity index (χ3n) is 3.01. The topological polar surface area (TPSA) is 43.4 Å². The molecule has 0 spiro atoms. The van der Waals surface area contributed by atoms with Crippen molar-refractivity contribution in [2.75, 3.05) is 13.2 Å². The van der Waals surface area contributed by atoms with E-state index in [0.29, 0.717) is 13.2 Å². The first-order valence-corrected chi connectivity index (χ1v) is 7.31. The summed E-state index contributed by atoms with van der Waals surface area (Å²) in [5, 5.41) is 3.37. The molecule has 104 valence electrons. The molecule has 0 atom stereocenters. The van der Waals surface area contributed by atoms with Gasteiger partial charge < -0.3 is 14.8 Å². The van der Waals surface area contributed by atoms with E-state index in [2.05, 4.69) is 32.3 Å². The minimum Gasteiger partial charge on any atom is -0.486 e. The molecule has 0 fully saturated rings. The van der Waals surface area contributed by atoms with Gasteiger partial charge in [-0.05, 0) is 45.8 Å². The Morgan fingerprint density at radius 2 is 1.90 bits per heavy atom. The maximum Gasteiger partial charge on any atom is 0.161 e. The molecule has 0 saturated heterocycles. The van der Waals surface area contributed by atoms with Gasteiger partial charge in [0.05, 0.1) is 5.69 Å². The Morgan fingerprint density at radius 3 is 2.75 bits per heavy atom. The highest BCUT2D eigenvalue weighted by Crippen LogP contribution is 2.30. The van der Waals surface area contributed by atoms with E-state index < -0.39 is 0 Å². The summed E-state index contributed by atoms with van der Waals surface area (Å²) in [5.41, 5.74) is 2.18. The van der Waals surface area contributed by atoms with E-state index in [1.54, 1.807) is 0 Å². The Balaban J connectivity index is 1.58. The van der Waals surface area contributed by atoms with Gasteiger partial charge in [-0.2, -0.15) is 0 Å². The van der Waals surface area contributed by atoms with Gasteiger partial charge in [0, 0.05) is 13.1 Å². The molecule has 1 aromatic carbocycles. The van der Waals surface area contributed by atoms with Crippen LogP contribution in [0.1, 0.15) is 11.3 Å². The Bertz CT molecular complexity index is 604. The van der Waals surface area contributed by atoms with Crippen LogP contribution >= 0.6 is 15.9 Å². The average molecular weight is 335 g/mol. The van der Waals surface area contributed by atoms with E-state index in [4.69, 9.17) is 9.47 Å². The molecule has 0 amide bonds. The third kappa shape index (κ3) is 3.29. The van der Waals surface area contributed by atoms with Crippen molar-refractivity contribution in [2.24, 2.45) is 0 Å². The number of aromatic nitrogens is 1. The van der Waals surface area contributed by atoms with Crippen molar-refractivity contribution in [3.63, 3.8) is 0 Å². The molecule has 1 N–H and O–H groups in total. The van der Waals surface area contributed by atoms with E-state index in [1.165, 1.54) is 5.56 Å². The second-order valence-corrected chi connectivity index (χ2v) is 5.35. The third-order valence-corrected chi connectivity index (χ3v) is 3.46. The lowest BCUT2D eigenvalue weighted by Crippen LogP contribution is -2.17. The molecule has 3 rings (SSSR count). The molecule has 5 heteroatoms. The first-order valence-electron chi connectivity index (χ1n) is 6.52. The van der Waals surface area contributed by atoms with Crippen molar-refractivity contribution < 1.29 is 9.47 Å². The van der Waals surface area contributed by atoms with E-state index in [9.17, 15) is 0 Å². The zero-order chi connectivity index (χ0) is 13.8. The van der Waals surface area contributed by atoms with Crippen molar-refractivity contribution in [1.29, 1.82) is 0 Å². The molecular weight excluding hydrogens is 320 g/mol. The number of fused-ring (bicyclic) bond motifs is 1. The fourth-order valence-electron chi connectivity index (χ4n) is 2.08. The van der Waals surface area contributed by atoms with Crippen LogP contribution in [0, 0.1) is 0 Å². The first-order chi connectivity index (χ1) is 9.81. The normalized spacial score (nSPS) is 13.2. The lowest BCUT2D eigenvalue weighted by Gasteiger charge is -2.19. The molecule has 2 aromatic rings. The average Bonchev–Trinajstić information content (AvgIpc) is 2.47. The van der Waals surface area contributed by atoms with Crippen LogP contribution in [0.2, 0.25) is 0 Å². The predicted molar refractivity (Wildman–Crippen MR) is 79.9 cm³/mol. The van der Waals surface area contributed by atoms with Gasteiger partial charge in [-0.1, -0.05) is 12.1 Å². The van der Waals surface area contributed by atoms with Gasteiger partial charge in [0.15, 0.2) is 11.5 Å². The summed E-state index contributed by atoms with van der Waals surface area (Å²) in [4.78, 5) is 4.38. The molecule has 1 aromatic heterocycles. The van der Waals surface area contributed by atoms with Crippen molar-refractivity contribution in [3.05, 3.63) is 52.3 Å². The highest BCUT2D eigenvalue weighted by molar-refractivity contribution is 9.10. The largest absolute Gasteiger partial charge is 0.486 e. The van der Waals surface area contributed by atoms with E-state index in [0.717, 1.165) is 34.9 Å². The van der Waals surface area contributed by atoms with Crippen LogP contribution in [0.15, 0.2) is 41.0 Å². The molecule has 1 aliphatic heterocycles. The van der Waals surface area contributed by atoms with Gasteiger partial charge in [0.1, 0.15) is 17.8 Å². The van der Waals surface area contributed by atoms with Gasteiger partial charge in [0.2, 0.25) is 0 Å². The molecule has 0 aliphatic carbocycles. The SMILES string of the molecule is Brc1cccc(CNCc2ccc3c(c2)OCCO3)n1. The molecule has 20 heavy (non-hydrogen) atoms. The van der Waals surface area contributed by atoms with E-state index >= 15 is 0 Å². The summed E-state index contributed by atoms with van der Waals surface area (Å²) in [7, 11) is 0. The molecule has 2 heterocycles. The fourth-order valence-corrected chi connectivity index (χ4v) is 2.46.